The Balaban J connectivity index is 4.49. The second kappa shape index (κ2) is 10.6. The maximum Gasteiger partial charge on any atom is 0.332 e. The molecule has 0 bridgehead atoms. The summed E-state index contributed by atoms with van der Waals surface area (Å²) in [5.41, 5.74) is 5.63. The van der Waals surface area contributed by atoms with E-state index < -0.39 is 17.9 Å². The van der Waals surface area contributed by atoms with Crippen LogP contribution in [0.15, 0.2) is 0 Å². The molecule has 0 fully saturated rings. The molecule has 0 rings (SSSR count). The van der Waals surface area contributed by atoms with Gasteiger partial charge in [0.15, 0.2) is 6.04 Å². The summed E-state index contributed by atoms with van der Waals surface area (Å²) < 4.78 is 9.75. The summed E-state index contributed by atoms with van der Waals surface area (Å²) in [4.78, 5) is 27.3. The first kappa shape index (κ1) is 18.8. The number of ether oxygens (including phenoxy) is 2. The van der Waals surface area contributed by atoms with Crippen molar-refractivity contribution in [1.82, 2.24) is 9.80 Å². The van der Waals surface area contributed by atoms with Crippen LogP contribution >= 0.6 is 0 Å². The summed E-state index contributed by atoms with van der Waals surface area (Å²) >= 11 is 0. The topological polar surface area (TPSA) is 85.1 Å². The van der Waals surface area contributed by atoms with Gasteiger partial charge in [-0.15, -0.1) is 0 Å². The van der Waals surface area contributed by atoms with Gasteiger partial charge in [-0.1, -0.05) is 0 Å². The highest BCUT2D eigenvalue weighted by molar-refractivity contribution is 6.01. The number of hydrogen-bond donors (Lipinski definition) is 1. The lowest BCUT2D eigenvalue weighted by Crippen LogP contribution is -2.50. The van der Waals surface area contributed by atoms with Crippen molar-refractivity contribution in [3.05, 3.63) is 0 Å². The number of hydrogen-bond acceptors (Lipinski definition) is 6. The Morgan fingerprint density at radius 1 is 1.20 bits per heavy atom. The molecule has 0 aromatic carbocycles. The van der Waals surface area contributed by atoms with Crippen LogP contribution in [0.1, 0.15) is 13.3 Å². The SMILES string of the molecule is CCOC(=O)C(N)C(=O)N(CCCN(C)C)CCOC. The van der Waals surface area contributed by atoms with Crippen molar-refractivity contribution in [3.63, 3.8) is 0 Å². The van der Waals surface area contributed by atoms with Crippen LogP contribution in [0.4, 0.5) is 0 Å². The molecule has 0 aromatic heterocycles. The van der Waals surface area contributed by atoms with E-state index >= 15 is 0 Å². The molecule has 0 saturated carbocycles. The summed E-state index contributed by atoms with van der Waals surface area (Å²) in [5, 5.41) is 0. The van der Waals surface area contributed by atoms with E-state index in [4.69, 9.17) is 15.2 Å². The molecule has 0 radical (unpaired) electrons. The van der Waals surface area contributed by atoms with Crippen molar-refractivity contribution in [2.75, 3.05) is 54.1 Å². The van der Waals surface area contributed by atoms with Gasteiger partial charge >= 0.3 is 5.97 Å². The van der Waals surface area contributed by atoms with Crippen LogP contribution in [0, 0.1) is 0 Å². The molecule has 0 aromatic rings. The van der Waals surface area contributed by atoms with Crippen LogP contribution in [0.25, 0.3) is 0 Å². The van der Waals surface area contributed by atoms with Crippen molar-refractivity contribution in [3.8, 4) is 0 Å². The average molecular weight is 289 g/mol. The maximum atomic E-state index is 12.2. The number of nitrogens with two attached hydrogens (primary N) is 1. The second-order valence-electron chi connectivity index (χ2n) is 4.70. The first-order chi connectivity index (χ1) is 9.43. The van der Waals surface area contributed by atoms with Gasteiger partial charge in [-0.3, -0.25) is 4.79 Å². The van der Waals surface area contributed by atoms with E-state index in [9.17, 15) is 9.59 Å². The third-order valence-corrected chi connectivity index (χ3v) is 2.72. The minimum absolute atomic E-state index is 0.207. The quantitative estimate of drug-likeness (QED) is 0.423. The Kier molecular flexibility index (Phi) is 9.96. The molecule has 1 amide bonds. The fourth-order valence-electron chi connectivity index (χ4n) is 1.64. The highest BCUT2D eigenvalue weighted by Crippen LogP contribution is 1.99. The number of amides is 1. The minimum atomic E-state index is -1.26. The first-order valence-corrected chi connectivity index (χ1v) is 6.78. The predicted molar refractivity (Wildman–Crippen MR) is 76.2 cm³/mol. The highest BCUT2D eigenvalue weighted by atomic mass is 16.5. The normalized spacial score (nSPS) is 12.3. The molecule has 20 heavy (non-hydrogen) atoms. The van der Waals surface area contributed by atoms with Crippen LogP contribution in [0.3, 0.4) is 0 Å². The third kappa shape index (κ3) is 7.42. The summed E-state index contributed by atoms with van der Waals surface area (Å²) in [5.74, 6) is -1.10. The van der Waals surface area contributed by atoms with E-state index in [2.05, 4.69) is 0 Å². The van der Waals surface area contributed by atoms with E-state index in [1.165, 1.54) is 0 Å². The van der Waals surface area contributed by atoms with Crippen molar-refractivity contribution >= 4 is 11.9 Å². The monoisotopic (exact) mass is 289 g/mol. The van der Waals surface area contributed by atoms with Gasteiger partial charge in [0.2, 0.25) is 0 Å². The van der Waals surface area contributed by atoms with E-state index in [0.29, 0.717) is 19.7 Å². The molecule has 118 valence electrons. The van der Waals surface area contributed by atoms with Gasteiger partial charge in [-0.05, 0) is 34.0 Å². The predicted octanol–water partition coefficient (Wildman–Crippen LogP) is -0.696. The molecule has 0 saturated heterocycles. The number of nitrogens with zero attached hydrogens (tertiary/aromatic N) is 2. The maximum absolute atomic E-state index is 12.2. The van der Waals surface area contributed by atoms with Crippen LogP contribution in [-0.4, -0.2) is 81.8 Å². The van der Waals surface area contributed by atoms with Crippen LogP contribution in [-0.2, 0) is 19.1 Å². The summed E-state index contributed by atoms with van der Waals surface area (Å²) in [6.45, 7) is 4.09. The van der Waals surface area contributed by atoms with Gasteiger partial charge in [0, 0.05) is 20.2 Å². The van der Waals surface area contributed by atoms with E-state index in [1.807, 2.05) is 19.0 Å². The number of methoxy groups -OCH3 is 1. The number of carbonyl (C=O) groups excluding carboxylic acids is 2. The van der Waals surface area contributed by atoms with E-state index in [-0.39, 0.29) is 6.61 Å². The molecule has 0 aliphatic carbocycles. The van der Waals surface area contributed by atoms with Gasteiger partial charge in [0.25, 0.3) is 5.91 Å². The Labute approximate surface area is 121 Å². The third-order valence-electron chi connectivity index (χ3n) is 2.72. The van der Waals surface area contributed by atoms with Crippen LogP contribution in [0.2, 0.25) is 0 Å². The molecule has 0 aliphatic rings. The van der Waals surface area contributed by atoms with Gasteiger partial charge in [0.05, 0.1) is 13.2 Å². The lowest BCUT2D eigenvalue weighted by atomic mass is 10.2. The standard InChI is InChI=1S/C13H27N3O4/c1-5-20-13(18)11(14)12(17)16(9-10-19-4)8-6-7-15(2)3/h11H,5-10,14H2,1-4H3. The molecular formula is C13H27N3O4. The fraction of sp³-hybridized carbons (Fsp3) is 0.846. The minimum Gasteiger partial charge on any atom is -0.464 e. The Morgan fingerprint density at radius 3 is 2.35 bits per heavy atom. The van der Waals surface area contributed by atoms with Gasteiger partial charge in [-0.25, -0.2) is 4.79 Å². The number of carbonyl (C=O) groups is 2. The summed E-state index contributed by atoms with van der Waals surface area (Å²) in [7, 11) is 5.49. The molecule has 0 heterocycles. The van der Waals surface area contributed by atoms with Crippen molar-refractivity contribution in [2.24, 2.45) is 5.73 Å². The zero-order chi connectivity index (χ0) is 15.5. The zero-order valence-corrected chi connectivity index (χ0v) is 12.9. The summed E-state index contributed by atoms with van der Waals surface area (Å²) in [6.07, 6.45) is 0.804. The Morgan fingerprint density at radius 2 is 1.85 bits per heavy atom. The molecule has 0 spiro atoms. The largest absolute Gasteiger partial charge is 0.464 e. The number of rotatable bonds is 10. The number of esters is 1. The molecule has 1 unspecified atom stereocenters. The van der Waals surface area contributed by atoms with Crippen molar-refractivity contribution in [1.29, 1.82) is 0 Å². The molecule has 2 N–H and O–H groups in total. The first-order valence-electron chi connectivity index (χ1n) is 6.78. The smallest absolute Gasteiger partial charge is 0.332 e. The molecular weight excluding hydrogens is 262 g/mol. The second-order valence-corrected chi connectivity index (χ2v) is 4.70. The van der Waals surface area contributed by atoms with Gasteiger partial charge in [0.1, 0.15) is 0 Å². The molecule has 0 aliphatic heterocycles. The van der Waals surface area contributed by atoms with Gasteiger partial charge in [-0.2, -0.15) is 0 Å². The van der Waals surface area contributed by atoms with Crippen molar-refractivity contribution in [2.45, 2.75) is 19.4 Å². The van der Waals surface area contributed by atoms with Crippen LogP contribution in [0.5, 0.6) is 0 Å². The lowest BCUT2D eigenvalue weighted by Gasteiger charge is -2.25. The Bertz CT molecular complexity index is 297. The zero-order valence-electron chi connectivity index (χ0n) is 12.9. The fourth-order valence-corrected chi connectivity index (χ4v) is 1.64. The van der Waals surface area contributed by atoms with Gasteiger partial charge < -0.3 is 25.0 Å². The lowest BCUT2D eigenvalue weighted by molar-refractivity contribution is -0.151. The highest BCUT2D eigenvalue weighted by Gasteiger charge is 2.27. The molecule has 7 heteroatoms. The van der Waals surface area contributed by atoms with Crippen LogP contribution < -0.4 is 5.73 Å². The molecule has 1 atom stereocenters. The summed E-state index contributed by atoms with van der Waals surface area (Å²) in [6, 6.07) is -1.26. The molecule has 7 nitrogen and oxygen atoms in total. The van der Waals surface area contributed by atoms with E-state index in [0.717, 1.165) is 13.0 Å². The van der Waals surface area contributed by atoms with E-state index in [1.54, 1.807) is 18.9 Å². The van der Waals surface area contributed by atoms with Crippen molar-refractivity contribution < 1.29 is 19.1 Å². The average Bonchev–Trinajstić information content (AvgIpc) is 2.40. The Hall–Kier alpha value is -1.18.